The number of pyridine rings is 1. The number of aromatic nitrogens is 1. The number of allylic oxidation sites excluding steroid dienone is 3. The molecular weight excluding hydrogens is 329 g/mol. The second-order valence-corrected chi connectivity index (χ2v) is 5.81. The number of nitrogens with zero attached hydrogens (tertiary/aromatic N) is 1. The number of rotatable bonds is 4. The van der Waals surface area contributed by atoms with Crippen LogP contribution in [0.4, 0.5) is 0 Å². The van der Waals surface area contributed by atoms with E-state index in [9.17, 15) is 0 Å². The van der Waals surface area contributed by atoms with E-state index in [1.54, 1.807) is 25.3 Å². The first-order valence-electron chi connectivity index (χ1n) is 7.72. The Morgan fingerprint density at radius 2 is 1.83 bits per heavy atom. The second kappa shape index (κ2) is 14.3. The minimum Gasteiger partial charge on any atom is -0.399 e. The van der Waals surface area contributed by atoms with Crippen LogP contribution in [0.2, 0.25) is 0 Å². The Morgan fingerprint density at radius 3 is 2.17 bits per heavy atom. The lowest BCUT2D eigenvalue weighted by molar-refractivity contribution is 0.872. The molecule has 0 saturated heterocycles. The van der Waals surface area contributed by atoms with Crippen LogP contribution in [0.25, 0.3) is 0 Å². The second-order valence-electron chi connectivity index (χ2n) is 4.72. The van der Waals surface area contributed by atoms with Crippen LogP contribution in [0, 0.1) is 11.3 Å². The fraction of sp³-hybridized carbons (Fsp3) is 0.444. The molecule has 1 aromatic rings. The number of halogens is 2. The Bertz CT molecular complexity index is 492. The SMILES string of the molecule is C/C=C(N)\C=C(\Cl)C(C)Cl.CC.CC(C)C(=N)c1ccccn1. The Balaban J connectivity index is 0. The van der Waals surface area contributed by atoms with Crippen molar-refractivity contribution in [3.63, 3.8) is 0 Å². The molecule has 0 saturated carbocycles. The van der Waals surface area contributed by atoms with Crippen molar-refractivity contribution < 1.29 is 0 Å². The van der Waals surface area contributed by atoms with E-state index in [2.05, 4.69) is 4.98 Å². The molecule has 23 heavy (non-hydrogen) atoms. The molecule has 5 heteroatoms. The Kier molecular flexibility index (Phi) is 14.9. The van der Waals surface area contributed by atoms with Crippen LogP contribution < -0.4 is 5.73 Å². The third-order valence-electron chi connectivity index (χ3n) is 2.54. The zero-order chi connectivity index (χ0) is 18.4. The van der Waals surface area contributed by atoms with Crippen molar-refractivity contribution in [3.05, 3.63) is 53.0 Å². The lowest BCUT2D eigenvalue weighted by Gasteiger charge is -2.04. The van der Waals surface area contributed by atoms with Crippen LogP contribution in [-0.2, 0) is 0 Å². The fourth-order valence-electron chi connectivity index (χ4n) is 1.18. The molecular formula is C18H29Cl2N3. The highest BCUT2D eigenvalue weighted by Gasteiger charge is 2.05. The Morgan fingerprint density at radius 1 is 1.26 bits per heavy atom. The standard InChI is InChI=1S/C9H12N2.C7H11Cl2N.C2H6/c1-7(2)9(10)8-5-3-4-6-11-8;1-3-6(10)4-7(9)5(2)8;1-2/h3-7,10H,1-2H3;3-5H,10H2,1-2H3;1-2H3/b;6-3+,7-4+;. The summed E-state index contributed by atoms with van der Waals surface area (Å²) < 4.78 is 0. The van der Waals surface area contributed by atoms with E-state index in [-0.39, 0.29) is 11.3 Å². The molecule has 1 heterocycles. The highest BCUT2D eigenvalue weighted by molar-refractivity contribution is 6.37. The molecule has 0 amide bonds. The van der Waals surface area contributed by atoms with Crippen LogP contribution in [0.3, 0.4) is 0 Å². The molecule has 0 aliphatic heterocycles. The summed E-state index contributed by atoms with van der Waals surface area (Å²) in [6.45, 7) is 11.6. The monoisotopic (exact) mass is 357 g/mol. The van der Waals surface area contributed by atoms with Crippen molar-refractivity contribution in [1.29, 1.82) is 5.41 Å². The maximum absolute atomic E-state index is 7.62. The van der Waals surface area contributed by atoms with Crippen LogP contribution in [0.5, 0.6) is 0 Å². The van der Waals surface area contributed by atoms with Gasteiger partial charge in [0, 0.05) is 16.9 Å². The summed E-state index contributed by atoms with van der Waals surface area (Å²) >= 11 is 11.3. The van der Waals surface area contributed by atoms with Crippen molar-refractivity contribution in [2.45, 2.75) is 46.9 Å². The van der Waals surface area contributed by atoms with Gasteiger partial charge in [0.25, 0.3) is 0 Å². The zero-order valence-electron chi connectivity index (χ0n) is 14.9. The molecule has 0 radical (unpaired) electrons. The van der Waals surface area contributed by atoms with Gasteiger partial charge in [-0.25, -0.2) is 0 Å². The van der Waals surface area contributed by atoms with E-state index in [0.29, 0.717) is 16.4 Å². The summed E-state index contributed by atoms with van der Waals surface area (Å²) in [5.74, 6) is 0.255. The predicted molar refractivity (Wildman–Crippen MR) is 104 cm³/mol. The molecule has 0 aliphatic carbocycles. The summed E-state index contributed by atoms with van der Waals surface area (Å²) in [4.78, 5) is 4.08. The lowest BCUT2D eigenvalue weighted by atomic mass is 10.1. The highest BCUT2D eigenvalue weighted by Crippen LogP contribution is 2.14. The minimum atomic E-state index is -0.167. The number of hydrogen-bond donors (Lipinski definition) is 2. The number of nitrogens with one attached hydrogen (secondary N) is 1. The van der Waals surface area contributed by atoms with E-state index in [4.69, 9.17) is 34.3 Å². The molecule has 130 valence electrons. The fourth-order valence-corrected chi connectivity index (χ4v) is 1.36. The number of nitrogens with two attached hydrogens (primary N) is 1. The average Bonchev–Trinajstić information content (AvgIpc) is 2.56. The van der Waals surface area contributed by atoms with Gasteiger partial charge in [-0.15, -0.1) is 11.6 Å². The van der Waals surface area contributed by atoms with Crippen molar-refractivity contribution in [3.8, 4) is 0 Å². The van der Waals surface area contributed by atoms with Gasteiger partial charge >= 0.3 is 0 Å². The van der Waals surface area contributed by atoms with Gasteiger partial charge in [-0.2, -0.15) is 0 Å². The Hall–Kier alpha value is -1.32. The van der Waals surface area contributed by atoms with Gasteiger partial charge in [0.1, 0.15) is 0 Å². The smallest absolute Gasteiger partial charge is 0.0839 e. The van der Waals surface area contributed by atoms with Crippen LogP contribution in [0.15, 0.2) is 47.3 Å². The van der Waals surface area contributed by atoms with Crippen LogP contribution in [0.1, 0.15) is 47.2 Å². The molecule has 0 fully saturated rings. The molecule has 1 atom stereocenters. The van der Waals surface area contributed by atoms with Crippen molar-refractivity contribution in [2.24, 2.45) is 11.7 Å². The van der Waals surface area contributed by atoms with E-state index in [0.717, 1.165) is 5.69 Å². The van der Waals surface area contributed by atoms with Crippen molar-refractivity contribution in [1.82, 2.24) is 4.98 Å². The summed E-state index contributed by atoms with van der Waals surface area (Å²) in [5.41, 5.74) is 7.47. The van der Waals surface area contributed by atoms with Gasteiger partial charge in [0.2, 0.25) is 0 Å². The van der Waals surface area contributed by atoms with Gasteiger partial charge in [0.05, 0.1) is 16.8 Å². The molecule has 1 unspecified atom stereocenters. The molecule has 0 spiro atoms. The summed E-state index contributed by atoms with van der Waals surface area (Å²) in [5, 5.41) is 8.02. The molecule has 3 nitrogen and oxygen atoms in total. The van der Waals surface area contributed by atoms with Gasteiger partial charge in [-0.3, -0.25) is 4.98 Å². The lowest BCUT2D eigenvalue weighted by Crippen LogP contribution is -2.08. The normalized spacial score (nSPS) is 12.6. The third kappa shape index (κ3) is 11.8. The van der Waals surface area contributed by atoms with Gasteiger partial charge in [-0.1, -0.05) is 51.4 Å². The van der Waals surface area contributed by atoms with Crippen molar-refractivity contribution in [2.75, 3.05) is 0 Å². The van der Waals surface area contributed by atoms with E-state index in [1.807, 2.05) is 52.8 Å². The summed E-state index contributed by atoms with van der Waals surface area (Å²) in [6.07, 6.45) is 5.13. The largest absolute Gasteiger partial charge is 0.399 e. The van der Waals surface area contributed by atoms with Crippen LogP contribution >= 0.6 is 23.2 Å². The average molecular weight is 358 g/mol. The molecule has 0 aliphatic rings. The summed E-state index contributed by atoms with van der Waals surface area (Å²) in [6, 6.07) is 5.62. The molecule has 0 aromatic carbocycles. The molecule has 1 aromatic heterocycles. The predicted octanol–water partition coefficient (Wildman–Crippen LogP) is 5.73. The van der Waals surface area contributed by atoms with Crippen molar-refractivity contribution >= 4 is 28.9 Å². The highest BCUT2D eigenvalue weighted by atomic mass is 35.5. The van der Waals surface area contributed by atoms with Gasteiger partial charge in [-0.05, 0) is 38.0 Å². The number of hydrogen-bond acceptors (Lipinski definition) is 3. The van der Waals surface area contributed by atoms with Crippen LogP contribution in [-0.4, -0.2) is 16.1 Å². The maximum atomic E-state index is 7.62. The summed E-state index contributed by atoms with van der Waals surface area (Å²) in [7, 11) is 0. The topological polar surface area (TPSA) is 62.8 Å². The first-order chi connectivity index (χ1) is 10.8. The molecule has 3 N–H and O–H groups in total. The minimum absolute atomic E-state index is 0.167. The van der Waals surface area contributed by atoms with E-state index < -0.39 is 0 Å². The van der Waals surface area contributed by atoms with E-state index in [1.165, 1.54) is 0 Å². The molecule has 0 bridgehead atoms. The third-order valence-corrected chi connectivity index (χ3v) is 3.32. The number of alkyl halides is 1. The van der Waals surface area contributed by atoms with Gasteiger partial charge in [0.15, 0.2) is 0 Å². The van der Waals surface area contributed by atoms with Gasteiger partial charge < -0.3 is 11.1 Å². The molecule has 1 rings (SSSR count). The quantitative estimate of drug-likeness (QED) is 0.410. The maximum Gasteiger partial charge on any atom is 0.0839 e. The Labute approximate surface area is 151 Å². The first-order valence-corrected chi connectivity index (χ1v) is 8.53. The van der Waals surface area contributed by atoms with E-state index >= 15 is 0 Å². The first kappa shape index (κ1) is 23.9. The zero-order valence-corrected chi connectivity index (χ0v) is 16.4.